The molecule has 22 heavy (non-hydrogen) atoms. The van der Waals surface area contributed by atoms with Crippen LogP contribution in [-0.4, -0.2) is 11.1 Å². The maximum absolute atomic E-state index is 11.7. The summed E-state index contributed by atoms with van der Waals surface area (Å²) < 4.78 is 0. The van der Waals surface area contributed by atoms with E-state index in [1.54, 1.807) is 0 Å². The fourth-order valence-electron chi connectivity index (χ4n) is 3.22. The summed E-state index contributed by atoms with van der Waals surface area (Å²) in [5, 5.41) is 11.7. The molecule has 0 saturated carbocycles. The predicted molar refractivity (Wildman–Crippen MR) is 92.8 cm³/mol. The highest BCUT2D eigenvalue weighted by molar-refractivity contribution is 5.45. The van der Waals surface area contributed by atoms with Crippen molar-refractivity contribution >= 4 is 0 Å². The Balaban J connectivity index is 2.65. The molecule has 0 radical (unpaired) electrons. The molecule has 0 fully saturated rings. The number of nitrogens with two attached hydrogens (primary N) is 1. The Kier molecular flexibility index (Phi) is 5.05. The van der Waals surface area contributed by atoms with Crippen LogP contribution in [0.25, 0.3) is 0 Å². The Morgan fingerprint density at radius 2 is 1.32 bits per heavy atom. The molecule has 0 aliphatic rings. The van der Waals surface area contributed by atoms with E-state index in [2.05, 4.69) is 13.8 Å². The van der Waals surface area contributed by atoms with Crippen LogP contribution in [0, 0.1) is 19.8 Å². The zero-order chi connectivity index (χ0) is 16.3. The third-order valence-electron chi connectivity index (χ3n) is 4.37. The smallest absolute Gasteiger partial charge is 0.130 e. The lowest BCUT2D eigenvalue weighted by molar-refractivity contribution is 0.0430. The molecule has 0 aromatic heterocycles. The van der Waals surface area contributed by atoms with Crippen LogP contribution in [0.3, 0.4) is 0 Å². The maximum Gasteiger partial charge on any atom is 0.130 e. The maximum atomic E-state index is 11.7. The molecule has 0 aliphatic carbocycles. The molecule has 1 unspecified atom stereocenters. The summed E-state index contributed by atoms with van der Waals surface area (Å²) in [6, 6.07) is 15.6. The average Bonchev–Trinajstić information content (AvgIpc) is 2.46. The Bertz CT molecular complexity index is 588. The summed E-state index contributed by atoms with van der Waals surface area (Å²) in [4.78, 5) is 0. The van der Waals surface area contributed by atoms with Gasteiger partial charge in [0, 0.05) is 6.04 Å². The molecule has 2 aromatic carbocycles. The zero-order valence-electron chi connectivity index (χ0n) is 14.0. The van der Waals surface area contributed by atoms with E-state index in [0.29, 0.717) is 5.92 Å². The summed E-state index contributed by atoms with van der Waals surface area (Å²) in [6.45, 7) is 8.33. The third kappa shape index (κ3) is 3.08. The van der Waals surface area contributed by atoms with E-state index in [1.807, 2.05) is 62.4 Å². The van der Waals surface area contributed by atoms with Gasteiger partial charge in [0.1, 0.15) is 5.60 Å². The van der Waals surface area contributed by atoms with Crippen LogP contribution in [0.1, 0.15) is 42.5 Å². The number of benzene rings is 2. The molecule has 2 heteroatoms. The predicted octanol–water partition coefficient (Wildman–Crippen LogP) is 3.91. The van der Waals surface area contributed by atoms with Gasteiger partial charge in [-0.05, 0) is 48.4 Å². The molecule has 3 N–H and O–H groups in total. The summed E-state index contributed by atoms with van der Waals surface area (Å²) >= 11 is 0. The van der Waals surface area contributed by atoms with Crippen LogP contribution in [0.15, 0.2) is 48.5 Å². The minimum Gasteiger partial charge on any atom is -0.379 e. The van der Waals surface area contributed by atoms with Gasteiger partial charge in [-0.25, -0.2) is 0 Å². The van der Waals surface area contributed by atoms with Crippen LogP contribution in [0.5, 0.6) is 0 Å². The lowest BCUT2D eigenvalue weighted by Gasteiger charge is -2.38. The summed E-state index contributed by atoms with van der Waals surface area (Å²) in [5.41, 5.74) is 9.27. The Morgan fingerprint density at radius 1 is 0.909 bits per heavy atom. The first kappa shape index (κ1) is 16.7. The summed E-state index contributed by atoms with van der Waals surface area (Å²) in [6.07, 6.45) is 0.763. The fraction of sp³-hybridized carbons (Fsp3) is 0.400. The highest BCUT2D eigenvalue weighted by atomic mass is 16.3. The van der Waals surface area contributed by atoms with Gasteiger partial charge in [-0.1, -0.05) is 62.4 Å². The zero-order valence-corrected chi connectivity index (χ0v) is 14.0. The van der Waals surface area contributed by atoms with Gasteiger partial charge in [0.15, 0.2) is 0 Å². The second-order valence-electron chi connectivity index (χ2n) is 6.63. The molecule has 0 amide bonds. The van der Waals surface area contributed by atoms with Crippen molar-refractivity contribution in [3.63, 3.8) is 0 Å². The van der Waals surface area contributed by atoms with Crippen molar-refractivity contribution in [2.45, 2.75) is 45.8 Å². The first-order chi connectivity index (χ1) is 10.4. The van der Waals surface area contributed by atoms with Gasteiger partial charge in [0.25, 0.3) is 0 Å². The molecule has 118 valence electrons. The quantitative estimate of drug-likeness (QED) is 0.879. The second-order valence-corrected chi connectivity index (χ2v) is 6.63. The van der Waals surface area contributed by atoms with Crippen LogP contribution >= 0.6 is 0 Å². The monoisotopic (exact) mass is 297 g/mol. The minimum atomic E-state index is -1.17. The topological polar surface area (TPSA) is 46.2 Å². The van der Waals surface area contributed by atoms with Gasteiger partial charge in [-0.2, -0.15) is 0 Å². The van der Waals surface area contributed by atoms with Crippen molar-refractivity contribution in [2.24, 2.45) is 11.7 Å². The van der Waals surface area contributed by atoms with Crippen molar-refractivity contribution in [1.29, 1.82) is 0 Å². The van der Waals surface area contributed by atoms with Gasteiger partial charge < -0.3 is 10.8 Å². The fourth-order valence-corrected chi connectivity index (χ4v) is 3.22. The Morgan fingerprint density at radius 3 is 1.68 bits per heavy atom. The second kappa shape index (κ2) is 6.64. The SMILES string of the molecule is Cc1ccccc1C(O)(c1ccccc1C)C(N)CC(C)C. The molecule has 0 heterocycles. The summed E-state index contributed by atoms with van der Waals surface area (Å²) in [5.74, 6) is 0.426. The minimum absolute atomic E-state index is 0.352. The van der Waals surface area contributed by atoms with E-state index < -0.39 is 5.60 Å². The standard InChI is InChI=1S/C20H27NO/c1-14(2)13-19(21)20(22,17-11-7-5-9-15(17)3)18-12-8-6-10-16(18)4/h5-12,14,19,22H,13,21H2,1-4H3. The van der Waals surface area contributed by atoms with Crippen molar-refractivity contribution < 1.29 is 5.11 Å². The number of aryl methyl sites for hydroxylation is 2. The van der Waals surface area contributed by atoms with E-state index >= 15 is 0 Å². The van der Waals surface area contributed by atoms with Crippen molar-refractivity contribution in [1.82, 2.24) is 0 Å². The first-order valence-electron chi connectivity index (χ1n) is 7.97. The molecule has 2 aromatic rings. The summed E-state index contributed by atoms with van der Waals surface area (Å²) in [7, 11) is 0. The number of hydrogen-bond acceptors (Lipinski definition) is 2. The van der Waals surface area contributed by atoms with E-state index in [0.717, 1.165) is 28.7 Å². The van der Waals surface area contributed by atoms with Gasteiger partial charge in [-0.15, -0.1) is 0 Å². The Labute approximate surface area is 134 Å². The highest BCUT2D eigenvalue weighted by Gasteiger charge is 2.40. The Hall–Kier alpha value is -1.64. The van der Waals surface area contributed by atoms with Crippen molar-refractivity contribution in [3.05, 3.63) is 70.8 Å². The van der Waals surface area contributed by atoms with E-state index in [-0.39, 0.29) is 6.04 Å². The molecular formula is C20H27NO. The van der Waals surface area contributed by atoms with Crippen LogP contribution in [0.4, 0.5) is 0 Å². The van der Waals surface area contributed by atoms with Crippen LogP contribution in [0.2, 0.25) is 0 Å². The van der Waals surface area contributed by atoms with Gasteiger partial charge in [-0.3, -0.25) is 0 Å². The molecule has 0 spiro atoms. The largest absolute Gasteiger partial charge is 0.379 e. The lowest BCUT2D eigenvalue weighted by Crippen LogP contribution is -2.48. The molecule has 2 nitrogen and oxygen atoms in total. The lowest BCUT2D eigenvalue weighted by atomic mass is 9.75. The number of aliphatic hydroxyl groups is 1. The molecule has 0 bridgehead atoms. The van der Waals surface area contributed by atoms with Crippen molar-refractivity contribution in [2.75, 3.05) is 0 Å². The van der Waals surface area contributed by atoms with Crippen LogP contribution in [-0.2, 0) is 5.60 Å². The third-order valence-corrected chi connectivity index (χ3v) is 4.37. The normalized spacial score (nSPS) is 13.4. The molecule has 2 rings (SSSR count). The first-order valence-corrected chi connectivity index (χ1v) is 7.97. The molecule has 1 atom stereocenters. The van der Waals surface area contributed by atoms with Crippen molar-refractivity contribution in [3.8, 4) is 0 Å². The average molecular weight is 297 g/mol. The van der Waals surface area contributed by atoms with Gasteiger partial charge >= 0.3 is 0 Å². The van der Waals surface area contributed by atoms with Gasteiger partial charge in [0.2, 0.25) is 0 Å². The van der Waals surface area contributed by atoms with Crippen LogP contribution < -0.4 is 5.73 Å². The van der Waals surface area contributed by atoms with E-state index in [9.17, 15) is 5.11 Å². The number of rotatable bonds is 5. The molecule has 0 aliphatic heterocycles. The van der Waals surface area contributed by atoms with E-state index in [4.69, 9.17) is 5.73 Å². The van der Waals surface area contributed by atoms with E-state index in [1.165, 1.54) is 0 Å². The molecule has 0 saturated heterocycles. The van der Waals surface area contributed by atoms with Gasteiger partial charge in [0.05, 0.1) is 0 Å². The number of hydrogen-bond donors (Lipinski definition) is 2. The molecular weight excluding hydrogens is 270 g/mol. The highest BCUT2D eigenvalue weighted by Crippen LogP contribution is 2.37.